The van der Waals surface area contributed by atoms with Gasteiger partial charge in [-0.25, -0.2) is 0 Å². The fourth-order valence-corrected chi connectivity index (χ4v) is 3.16. The predicted octanol–water partition coefficient (Wildman–Crippen LogP) is 3.78. The van der Waals surface area contributed by atoms with Crippen LogP contribution < -0.4 is 5.32 Å². The Kier molecular flexibility index (Phi) is 3.65. The largest absolute Gasteiger partial charge is 0.345 e. The van der Waals surface area contributed by atoms with Gasteiger partial charge in [0.2, 0.25) is 0 Å². The molecular weight excluding hydrogens is 312 g/mol. The second kappa shape index (κ2) is 5.98. The molecule has 1 atom stereocenters. The van der Waals surface area contributed by atoms with E-state index in [1.807, 2.05) is 49.4 Å². The van der Waals surface area contributed by atoms with Gasteiger partial charge in [0.15, 0.2) is 5.78 Å². The van der Waals surface area contributed by atoms with Gasteiger partial charge in [0.1, 0.15) is 0 Å². The highest BCUT2D eigenvalue weighted by Crippen LogP contribution is 2.36. The van der Waals surface area contributed by atoms with Gasteiger partial charge in [-0.05, 0) is 41.8 Å². The summed E-state index contributed by atoms with van der Waals surface area (Å²) >= 11 is 0. The van der Waals surface area contributed by atoms with Crippen LogP contribution in [0.5, 0.6) is 0 Å². The van der Waals surface area contributed by atoms with Crippen LogP contribution in [-0.4, -0.2) is 16.7 Å². The normalized spacial score (nSPS) is 13.1. The van der Waals surface area contributed by atoms with Crippen molar-refractivity contribution in [3.8, 4) is 11.1 Å². The molecule has 3 aromatic rings. The summed E-state index contributed by atoms with van der Waals surface area (Å²) in [4.78, 5) is 29.2. The van der Waals surface area contributed by atoms with Gasteiger partial charge in [-0.1, -0.05) is 36.4 Å². The first-order valence-corrected chi connectivity index (χ1v) is 8.14. The molecule has 0 fully saturated rings. The van der Waals surface area contributed by atoms with E-state index in [1.54, 1.807) is 24.5 Å². The van der Waals surface area contributed by atoms with Crippen LogP contribution in [0.25, 0.3) is 11.1 Å². The van der Waals surface area contributed by atoms with Crippen LogP contribution in [0.3, 0.4) is 0 Å². The number of benzene rings is 2. The third kappa shape index (κ3) is 2.62. The molecule has 1 aliphatic rings. The molecule has 1 aliphatic carbocycles. The lowest BCUT2D eigenvalue weighted by Gasteiger charge is -2.14. The number of nitrogens with zero attached hydrogens (tertiary/aromatic N) is 1. The van der Waals surface area contributed by atoms with E-state index in [9.17, 15) is 9.59 Å². The minimum atomic E-state index is -0.206. The molecule has 4 nitrogen and oxygen atoms in total. The zero-order valence-corrected chi connectivity index (χ0v) is 13.7. The van der Waals surface area contributed by atoms with Crippen molar-refractivity contribution >= 4 is 11.7 Å². The molecule has 25 heavy (non-hydrogen) atoms. The smallest absolute Gasteiger partial charge is 0.251 e. The first-order valence-electron chi connectivity index (χ1n) is 8.14. The van der Waals surface area contributed by atoms with Gasteiger partial charge in [0.25, 0.3) is 5.91 Å². The lowest BCUT2D eigenvalue weighted by Crippen LogP contribution is -2.26. The van der Waals surface area contributed by atoms with Crippen LogP contribution in [0.4, 0.5) is 0 Å². The minimum Gasteiger partial charge on any atom is -0.345 e. The third-order valence-electron chi connectivity index (χ3n) is 4.52. The van der Waals surface area contributed by atoms with Crippen molar-refractivity contribution < 1.29 is 9.59 Å². The van der Waals surface area contributed by atoms with Crippen molar-refractivity contribution in [1.82, 2.24) is 10.3 Å². The lowest BCUT2D eigenvalue weighted by atomic mass is 10.0. The number of nitrogens with one attached hydrogen (secondary N) is 1. The summed E-state index contributed by atoms with van der Waals surface area (Å²) in [6.07, 6.45) is 3.43. The van der Waals surface area contributed by atoms with Gasteiger partial charge in [0, 0.05) is 29.1 Å². The summed E-state index contributed by atoms with van der Waals surface area (Å²) in [6, 6.07) is 16.4. The topological polar surface area (TPSA) is 59.1 Å². The number of aromatic nitrogens is 1. The molecule has 1 heterocycles. The van der Waals surface area contributed by atoms with E-state index in [1.165, 1.54) is 0 Å². The first kappa shape index (κ1) is 15.3. The summed E-state index contributed by atoms with van der Waals surface area (Å²) in [5.74, 6) is -0.233. The Labute approximate surface area is 145 Å². The molecule has 0 saturated heterocycles. The SMILES string of the molecule is CC(NC(=O)c1ccc2c(c1)C(=O)c1ccccc1-2)c1cccnc1. The highest BCUT2D eigenvalue weighted by molar-refractivity contribution is 6.22. The maximum Gasteiger partial charge on any atom is 0.251 e. The Balaban J connectivity index is 1.61. The first-order chi connectivity index (χ1) is 12.1. The number of ketones is 1. The highest BCUT2D eigenvalue weighted by Gasteiger charge is 2.27. The molecule has 1 amide bonds. The number of hydrogen-bond acceptors (Lipinski definition) is 3. The van der Waals surface area contributed by atoms with E-state index in [2.05, 4.69) is 10.3 Å². The molecule has 122 valence electrons. The maximum absolute atomic E-state index is 12.6. The van der Waals surface area contributed by atoms with Gasteiger partial charge in [-0.15, -0.1) is 0 Å². The van der Waals surface area contributed by atoms with E-state index in [-0.39, 0.29) is 17.7 Å². The molecule has 0 saturated carbocycles. The number of amides is 1. The Bertz CT molecular complexity index is 980. The third-order valence-corrected chi connectivity index (χ3v) is 4.52. The molecular formula is C21H16N2O2. The van der Waals surface area contributed by atoms with E-state index < -0.39 is 0 Å². The van der Waals surface area contributed by atoms with Crippen LogP contribution in [0.15, 0.2) is 67.0 Å². The average Bonchev–Trinajstić information content (AvgIpc) is 2.95. The molecule has 0 bridgehead atoms. The predicted molar refractivity (Wildman–Crippen MR) is 95.4 cm³/mol. The second-order valence-corrected chi connectivity index (χ2v) is 6.12. The van der Waals surface area contributed by atoms with Crippen molar-refractivity contribution in [2.75, 3.05) is 0 Å². The molecule has 1 aromatic heterocycles. The fraction of sp³-hybridized carbons (Fsp3) is 0.0952. The number of rotatable bonds is 3. The van der Waals surface area contributed by atoms with E-state index >= 15 is 0 Å². The second-order valence-electron chi connectivity index (χ2n) is 6.12. The minimum absolute atomic E-state index is 0.0273. The van der Waals surface area contributed by atoms with Crippen LogP contribution in [0, 0.1) is 0 Å². The molecule has 2 aromatic carbocycles. The quantitative estimate of drug-likeness (QED) is 0.622. The number of fused-ring (bicyclic) bond motifs is 3. The fourth-order valence-electron chi connectivity index (χ4n) is 3.16. The van der Waals surface area contributed by atoms with E-state index in [0.717, 1.165) is 16.7 Å². The standard InChI is InChI=1S/C21H16N2O2/c1-13(15-5-4-10-22-12-15)23-21(25)14-8-9-17-16-6-2-3-7-18(16)20(24)19(17)11-14/h2-13H,1H3,(H,23,25). The maximum atomic E-state index is 12.6. The monoisotopic (exact) mass is 328 g/mol. The Morgan fingerprint density at radius 3 is 2.48 bits per heavy atom. The molecule has 0 aliphatic heterocycles. The molecule has 0 radical (unpaired) electrons. The summed E-state index contributed by atoms with van der Waals surface area (Å²) in [7, 11) is 0. The van der Waals surface area contributed by atoms with Gasteiger partial charge >= 0.3 is 0 Å². The lowest BCUT2D eigenvalue weighted by molar-refractivity contribution is 0.0940. The molecule has 0 spiro atoms. The van der Waals surface area contributed by atoms with Crippen LogP contribution in [0.1, 0.15) is 44.8 Å². The Morgan fingerprint density at radius 2 is 1.72 bits per heavy atom. The van der Waals surface area contributed by atoms with Crippen molar-refractivity contribution in [3.05, 3.63) is 89.2 Å². The average molecular weight is 328 g/mol. The Hall–Kier alpha value is -3.27. The van der Waals surface area contributed by atoms with Crippen LogP contribution >= 0.6 is 0 Å². The number of carbonyl (C=O) groups is 2. The molecule has 4 heteroatoms. The van der Waals surface area contributed by atoms with Crippen LogP contribution in [0.2, 0.25) is 0 Å². The molecule has 1 unspecified atom stereocenters. The van der Waals surface area contributed by atoms with Gasteiger partial charge in [0.05, 0.1) is 6.04 Å². The van der Waals surface area contributed by atoms with Crippen molar-refractivity contribution in [2.24, 2.45) is 0 Å². The van der Waals surface area contributed by atoms with Gasteiger partial charge < -0.3 is 5.32 Å². The Morgan fingerprint density at radius 1 is 0.960 bits per heavy atom. The highest BCUT2D eigenvalue weighted by atomic mass is 16.1. The summed E-state index contributed by atoms with van der Waals surface area (Å²) in [6.45, 7) is 1.91. The summed E-state index contributed by atoms with van der Waals surface area (Å²) in [5, 5.41) is 2.95. The summed E-state index contributed by atoms with van der Waals surface area (Å²) in [5.41, 5.74) is 4.51. The molecule has 4 rings (SSSR count). The van der Waals surface area contributed by atoms with Gasteiger partial charge in [-0.3, -0.25) is 14.6 Å². The number of carbonyl (C=O) groups excluding carboxylic acids is 2. The van der Waals surface area contributed by atoms with Crippen molar-refractivity contribution in [2.45, 2.75) is 13.0 Å². The van der Waals surface area contributed by atoms with E-state index in [0.29, 0.717) is 16.7 Å². The number of pyridine rings is 1. The van der Waals surface area contributed by atoms with E-state index in [4.69, 9.17) is 0 Å². The number of hydrogen-bond donors (Lipinski definition) is 1. The molecule has 1 N–H and O–H groups in total. The van der Waals surface area contributed by atoms with Crippen LogP contribution in [-0.2, 0) is 0 Å². The van der Waals surface area contributed by atoms with Crippen molar-refractivity contribution in [3.63, 3.8) is 0 Å². The zero-order chi connectivity index (χ0) is 17.4. The summed E-state index contributed by atoms with van der Waals surface area (Å²) < 4.78 is 0. The zero-order valence-electron chi connectivity index (χ0n) is 13.7. The van der Waals surface area contributed by atoms with Gasteiger partial charge in [-0.2, -0.15) is 0 Å². The van der Waals surface area contributed by atoms with Crippen molar-refractivity contribution in [1.29, 1.82) is 0 Å².